The van der Waals surface area contributed by atoms with Crippen molar-refractivity contribution < 1.29 is 9.63 Å². The Kier molecular flexibility index (Phi) is 4.34. The van der Waals surface area contributed by atoms with E-state index < -0.39 is 0 Å². The zero-order valence-electron chi connectivity index (χ0n) is 8.61. The lowest BCUT2D eigenvalue weighted by atomic mass is 10.2. The number of nitrogens with zero attached hydrogens (tertiary/aromatic N) is 1. The summed E-state index contributed by atoms with van der Waals surface area (Å²) < 4.78 is 0. The molecule has 0 spiro atoms. The molecule has 0 aliphatic rings. The number of likely N-dealkylation sites (N-methyl/N-ethyl adjacent to an activating group) is 1. The second kappa shape index (κ2) is 5.53. The molecule has 3 nitrogen and oxygen atoms in total. The number of hydrogen-bond donors (Lipinski definition) is 0. The highest BCUT2D eigenvalue weighted by atomic mass is 35.5. The largest absolute Gasteiger partial charge is 0.274 e. The highest BCUT2D eigenvalue weighted by Crippen LogP contribution is 2.11. The van der Waals surface area contributed by atoms with E-state index in [1.54, 1.807) is 25.3 Å². The van der Waals surface area contributed by atoms with Gasteiger partial charge in [0.2, 0.25) is 0 Å². The van der Waals surface area contributed by atoms with Crippen LogP contribution in [-0.4, -0.2) is 25.1 Å². The maximum absolute atomic E-state index is 11.3. The monoisotopic (exact) mass is 225 g/mol. The van der Waals surface area contributed by atoms with Crippen molar-refractivity contribution in [3.63, 3.8) is 0 Å². The van der Waals surface area contributed by atoms with E-state index in [1.807, 2.05) is 12.1 Å². The molecule has 0 aliphatic carbocycles. The number of rotatable bonds is 3. The topological polar surface area (TPSA) is 29.5 Å². The van der Waals surface area contributed by atoms with Gasteiger partial charge in [0.05, 0.1) is 7.11 Å². The van der Waals surface area contributed by atoms with Gasteiger partial charge >= 0.3 is 0 Å². The van der Waals surface area contributed by atoms with Gasteiger partial charge in [0.15, 0.2) is 0 Å². The van der Waals surface area contributed by atoms with Gasteiger partial charge in [-0.2, -0.15) is 0 Å². The molecule has 1 amide bonds. The smallest absolute Gasteiger partial charge is 0.269 e. The van der Waals surface area contributed by atoms with Gasteiger partial charge in [-0.3, -0.25) is 9.63 Å². The fourth-order valence-electron chi connectivity index (χ4n) is 0.973. The van der Waals surface area contributed by atoms with E-state index in [4.69, 9.17) is 16.4 Å². The van der Waals surface area contributed by atoms with Gasteiger partial charge in [-0.05, 0) is 23.8 Å². The van der Waals surface area contributed by atoms with Crippen LogP contribution in [0.2, 0.25) is 5.02 Å². The number of carbonyl (C=O) groups excluding carboxylic acids is 1. The Labute approximate surface area is 93.9 Å². The summed E-state index contributed by atoms with van der Waals surface area (Å²) in [4.78, 5) is 16.0. The lowest BCUT2D eigenvalue weighted by Crippen LogP contribution is -2.22. The summed E-state index contributed by atoms with van der Waals surface area (Å²) in [6.45, 7) is 0. The molecule has 0 N–H and O–H groups in total. The van der Waals surface area contributed by atoms with Crippen LogP contribution in [0.1, 0.15) is 5.56 Å². The van der Waals surface area contributed by atoms with Crippen molar-refractivity contribution in [1.82, 2.24) is 5.06 Å². The number of hydrogen-bond acceptors (Lipinski definition) is 2. The zero-order chi connectivity index (χ0) is 11.3. The van der Waals surface area contributed by atoms with Gasteiger partial charge < -0.3 is 0 Å². The van der Waals surface area contributed by atoms with Gasteiger partial charge in [-0.25, -0.2) is 5.06 Å². The Balaban J connectivity index is 2.69. The molecule has 0 aliphatic heterocycles. The number of benzene rings is 1. The van der Waals surface area contributed by atoms with Crippen molar-refractivity contribution in [3.05, 3.63) is 40.9 Å². The van der Waals surface area contributed by atoms with Gasteiger partial charge in [0, 0.05) is 18.1 Å². The normalized spacial score (nSPS) is 10.6. The SMILES string of the molecule is CON(C)C(=O)/C=C/c1cccc(Cl)c1. The maximum Gasteiger partial charge on any atom is 0.269 e. The van der Waals surface area contributed by atoms with Crippen molar-refractivity contribution in [1.29, 1.82) is 0 Å². The predicted octanol–water partition coefficient (Wildman–Crippen LogP) is 2.37. The summed E-state index contributed by atoms with van der Waals surface area (Å²) in [6, 6.07) is 7.25. The quantitative estimate of drug-likeness (QED) is 0.584. The Bertz CT molecular complexity index is 377. The third-order valence-corrected chi connectivity index (χ3v) is 2.09. The zero-order valence-corrected chi connectivity index (χ0v) is 9.36. The van der Waals surface area contributed by atoms with Crippen molar-refractivity contribution in [2.45, 2.75) is 0 Å². The molecule has 0 radical (unpaired) electrons. The minimum Gasteiger partial charge on any atom is -0.274 e. The standard InChI is InChI=1S/C11H12ClNO2/c1-13(15-2)11(14)7-6-9-4-3-5-10(12)8-9/h3-8H,1-2H3/b7-6+. The van der Waals surface area contributed by atoms with E-state index in [1.165, 1.54) is 13.2 Å². The highest BCUT2D eigenvalue weighted by Gasteiger charge is 2.01. The lowest BCUT2D eigenvalue weighted by Gasteiger charge is -2.09. The molecular formula is C11H12ClNO2. The van der Waals surface area contributed by atoms with Crippen LogP contribution in [0.25, 0.3) is 6.08 Å². The Morgan fingerprint density at radius 2 is 2.27 bits per heavy atom. The first-order chi connectivity index (χ1) is 7.13. The molecule has 0 atom stereocenters. The van der Waals surface area contributed by atoms with E-state index in [-0.39, 0.29) is 5.91 Å². The molecule has 4 heteroatoms. The Morgan fingerprint density at radius 3 is 2.87 bits per heavy atom. The van der Waals surface area contributed by atoms with E-state index in [0.717, 1.165) is 10.6 Å². The molecule has 0 saturated carbocycles. The van der Waals surface area contributed by atoms with Crippen LogP contribution in [0.3, 0.4) is 0 Å². The van der Waals surface area contributed by atoms with Gasteiger partial charge in [0.25, 0.3) is 5.91 Å². The average molecular weight is 226 g/mol. The number of halogens is 1. The minimum absolute atomic E-state index is 0.225. The predicted molar refractivity (Wildman–Crippen MR) is 60.3 cm³/mol. The molecule has 1 rings (SSSR count). The summed E-state index contributed by atoms with van der Waals surface area (Å²) in [5, 5.41) is 1.78. The van der Waals surface area contributed by atoms with Crippen LogP contribution in [0.5, 0.6) is 0 Å². The fourth-order valence-corrected chi connectivity index (χ4v) is 1.17. The van der Waals surface area contributed by atoms with E-state index in [0.29, 0.717) is 5.02 Å². The van der Waals surface area contributed by atoms with Crippen LogP contribution >= 0.6 is 11.6 Å². The second-order valence-corrected chi connectivity index (χ2v) is 3.34. The number of hydroxylamine groups is 2. The van der Waals surface area contributed by atoms with Crippen molar-refractivity contribution in [2.75, 3.05) is 14.2 Å². The lowest BCUT2D eigenvalue weighted by molar-refractivity contribution is -0.162. The van der Waals surface area contributed by atoms with Crippen LogP contribution in [-0.2, 0) is 9.63 Å². The first-order valence-electron chi connectivity index (χ1n) is 4.39. The molecule has 0 bridgehead atoms. The first kappa shape index (κ1) is 11.8. The number of carbonyl (C=O) groups is 1. The summed E-state index contributed by atoms with van der Waals surface area (Å²) in [6.07, 6.45) is 3.11. The van der Waals surface area contributed by atoms with Crippen LogP contribution in [0, 0.1) is 0 Å². The molecule has 0 saturated heterocycles. The molecule has 0 aromatic heterocycles. The molecule has 80 valence electrons. The molecule has 1 aromatic rings. The third-order valence-electron chi connectivity index (χ3n) is 1.85. The van der Waals surface area contributed by atoms with Gasteiger partial charge in [0.1, 0.15) is 0 Å². The second-order valence-electron chi connectivity index (χ2n) is 2.91. The Hall–Kier alpha value is -1.32. The average Bonchev–Trinajstić information content (AvgIpc) is 2.25. The summed E-state index contributed by atoms with van der Waals surface area (Å²) in [7, 11) is 2.98. The molecule has 15 heavy (non-hydrogen) atoms. The third kappa shape index (κ3) is 3.73. The van der Waals surface area contributed by atoms with Gasteiger partial charge in [-0.1, -0.05) is 23.7 Å². The van der Waals surface area contributed by atoms with Crippen LogP contribution in [0.4, 0.5) is 0 Å². The van der Waals surface area contributed by atoms with E-state index in [2.05, 4.69) is 0 Å². The van der Waals surface area contributed by atoms with E-state index >= 15 is 0 Å². The minimum atomic E-state index is -0.225. The van der Waals surface area contributed by atoms with E-state index in [9.17, 15) is 4.79 Å². The fraction of sp³-hybridized carbons (Fsp3) is 0.182. The summed E-state index contributed by atoms with van der Waals surface area (Å²) in [5.74, 6) is -0.225. The van der Waals surface area contributed by atoms with Crippen LogP contribution < -0.4 is 0 Å². The molecule has 0 fully saturated rings. The number of amides is 1. The van der Waals surface area contributed by atoms with Crippen molar-refractivity contribution in [2.24, 2.45) is 0 Å². The first-order valence-corrected chi connectivity index (χ1v) is 4.76. The van der Waals surface area contributed by atoms with Crippen LogP contribution in [0.15, 0.2) is 30.3 Å². The summed E-state index contributed by atoms with van der Waals surface area (Å²) >= 11 is 5.80. The Morgan fingerprint density at radius 1 is 1.53 bits per heavy atom. The molecule has 0 unspecified atom stereocenters. The maximum atomic E-state index is 11.3. The summed E-state index contributed by atoms with van der Waals surface area (Å²) in [5.41, 5.74) is 0.875. The highest BCUT2D eigenvalue weighted by molar-refractivity contribution is 6.30. The van der Waals surface area contributed by atoms with Crippen molar-refractivity contribution in [3.8, 4) is 0 Å². The molecular weight excluding hydrogens is 214 g/mol. The molecule has 1 aromatic carbocycles. The van der Waals surface area contributed by atoms with Gasteiger partial charge in [-0.15, -0.1) is 0 Å². The molecule has 0 heterocycles. The van der Waals surface area contributed by atoms with Crippen molar-refractivity contribution >= 4 is 23.6 Å².